The number of aliphatic hydroxyl groups excluding tert-OH is 1. The van der Waals surface area contributed by atoms with Gasteiger partial charge in [0.1, 0.15) is 0 Å². The molecule has 0 amide bonds. The summed E-state index contributed by atoms with van der Waals surface area (Å²) < 4.78 is 5.57. The molecule has 2 aliphatic rings. The fourth-order valence-corrected chi connectivity index (χ4v) is 3.92. The molecule has 0 bridgehead atoms. The molecule has 2 saturated heterocycles. The molecule has 0 aromatic carbocycles. The lowest BCUT2D eigenvalue weighted by Crippen LogP contribution is -2.58. The number of hydrogen-bond donors (Lipinski definition) is 1. The highest BCUT2D eigenvalue weighted by molar-refractivity contribution is 4.99. The molecule has 2 fully saturated rings. The molecule has 0 spiro atoms. The van der Waals surface area contributed by atoms with Gasteiger partial charge in [-0.15, -0.1) is 0 Å². The van der Waals surface area contributed by atoms with E-state index in [0.29, 0.717) is 5.92 Å². The number of ether oxygens (including phenoxy) is 1. The molecule has 2 heterocycles. The van der Waals surface area contributed by atoms with Crippen molar-refractivity contribution in [3.05, 3.63) is 0 Å². The number of likely N-dealkylation sites (tertiary alicyclic amines) is 1. The Morgan fingerprint density at radius 3 is 2.39 bits per heavy atom. The van der Waals surface area contributed by atoms with Crippen molar-refractivity contribution in [3.8, 4) is 0 Å². The topological polar surface area (TPSA) is 32.7 Å². The minimum absolute atomic E-state index is 0.0120. The molecule has 18 heavy (non-hydrogen) atoms. The predicted octanol–water partition coefficient (Wildman–Crippen LogP) is 2.43. The molecule has 0 saturated carbocycles. The molecule has 2 aliphatic heterocycles. The van der Waals surface area contributed by atoms with Gasteiger partial charge in [0.05, 0.1) is 12.7 Å². The maximum Gasteiger partial charge on any atom is 0.0773 e. The molecule has 3 heteroatoms. The third kappa shape index (κ3) is 2.59. The Morgan fingerprint density at radius 2 is 1.89 bits per heavy atom. The molecule has 0 aliphatic carbocycles. The Balaban J connectivity index is 2.11. The fourth-order valence-electron chi connectivity index (χ4n) is 3.92. The second-order valence-corrected chi connectivity index (χ2v) is 5.93. The molecule has 1 N–H and O–H groups in total. The van der Waals surface area contributed by atoms with Crippen molar-refractivity contribution in [3.63, 3.8) is 0 Å². The largest absolute Gasteiger partial charge is 0.391 e. The van der Waals surface area contributed by atoms with E-state index in [9.17, 15) is 5.11 Å². The normalized spacial score (nSPS) is 28.5. The van der Waals surface area contributed by atoms with Crippen molar-refractivity contribution in [2.75, 3.05) is 26.3 Å². The molecular formula is C15H29NO2. The van der Waals surface area contributed by atoms with Crippen LogP contribution < -0.4 is 0 Å². The third-order valence-corrected chi connectivity index (χ3v) is 5.15. The van der Waals surface area contributed by atoms with Crippen LogP contribution in [0.2, 0.25) is 0 Å². The van der Waals surface area contributed by atoms with Crippen LogP contribution in [0.3, 0.4) is 0 Å². The van der Waals surface area contributed by atoms with Crippen LogP contribution in [0.15, 0.2) is 0 Å². The fraction of sp³-hybridized carbons (Fsp3) is 1.00. The standard InChI is InChI=1S/C15H29NO2/c1-3-15(4-2,16-9-5-6-10-16)14(17)13-8-7-11-18-12-13/h13-14,17H,3-12H2,1-2H3. The van der Waals surface area contributed by atoms with Gasteiger partial charge in [0.15, 0.2) is 0 Å². The van der Waals surface area contributed by atoms with E-state index in [-0.39, 0.29) is 11.6 Å². The van der Waals surface area contributed by atoms with Gasteiger partial charge in [-0.1, -0.05) is 13.8 Å². The lowest BCUT2D eigenvalue weighted by molar-refractivity contribution is -0.0925. The van der Waals surface area contributed by atoms with Crippen molar-refractivity contribution >= 4 is 0 Å². The molecule has 3 nitrogen and oxygen atoms in total. The van der Waals surface area contributed by atoms with E-state index in [0.717, 1.165) is 52.0 Å². The van der Waals surface area contributed by atoms with E-state index in [1.54, 1.807) is 0 Å². The monoisotopic (exact) mass is 255 g/mol. The van der Waals surface area contributed by atoms with Gasteiger partial charge in [-0.05, 0) is 51.6 Å². The summed E-state index contributed by atoms with van der Waals surface area (Å²) in [6.07, 6.45) is 6.65. The lowest BCUT2D eigenvalue weighted by Gasteiger charge is -2.47. The smallest absolute Gasteiger partial charge is 0.0773 e. The molecule has 0 radical (unpaired) electrons. The molecule has 2 atom stereocenters. The van der Waals surface area contributed by atoms with Crippen LogP contribution >= 0.6 is 0 Å². The summed E-state index contributed by atoms with van der Waals surface area (Å²) in [4.78, 5) is 2.55. The van der Waals surface area contributed by atoms with Crippen molar-refractivity contribution in [1.29, 1.82) is 0 Å². The SMILES string of the molecule is CCC(CC)(C(O)C1CCCOC1)N1CCCC1. The Bertz CT molecular complexity index is 241. The minimum atomic E-state index is -0.231. The van der Waals surface area contributed by atoms with Gasteiger partial charge in [-0.3, -0.25) is 4.90 Å². The summed E-state index contributed by atoms with van der Waals surface area (Å²) in [5.74, 6) is 0.333. The van der Waals surface area contributed by atoms with E-state index in [2.05, 4.69) is 18.7 Å². The molecular weight excluding hydrogens is 226 g/mol. The van der Waals surface area contributed by atoms with Crippen LogP contribution in [0.1, 0.15) is 52.4 Å². The van der Waals surface area contributed by atoms with Crippen LogP contribution in [-0.2, 0) is 4.74 Å². The van der Waals surface area contributed by atoms with Crippen LogP contribution in [0.25, 0.3) is 0 Å². The van der Waals surface area contributed by atoms with Gasteiger partial charge in [-0.2, -0.15) is 0 Å². The van der Waals surface area contributed by atoms with Gasteiger partial charge in [0.25, 0.3) is 0 Å². The van der Waals surface area contributed by atoms with E-state index in [4.69, 9.17) is 4.74 Å². The maximum atomic E-state index is 10.9. The Kier molecular flexibility index (Phi) is 5.05. The van der Waals surface area contributed by atoms with Gasteiger partial charge in [-0.25, -0.2) is 0 Å². The highest BCUT2D eigenvalue weighted by Gasteiger charge is 2.44. The third-order valence-electron chi connectivity index (χ3n) is 5.15. The molecule has 106 valence electrons. The van der Waals surface area contributed by atoms with Crippen LogP contribution in [-0.4, -0.2) is 48.0 Å². The summed E-state index contributed by atoms with van der Waals surface area (Å²) in [6, 6.07) is 0. The number of nitrogens with zero attached hydrogens (tertiary/aromatic N) is 1. The average Bonchev–Trinajstić information content (AvgIpc) is 2.96. The summed E-state index contributed by atoms with van der Waals surface area (Å²) >= 11 is 0. The zero-order valence-corrected chi connectivity index (χ0v) is 12.0. The van der Waals surface area contributed by atoms with Gasteiger partial charge < -0.3 is 9.84 Å². The number of rotatable bonds is 5. The van der Waals surface area contributed by atoms with E-state index >= 15 is 0 Å². The van der Waals surface area contributed by atoms with E-state index in [1.165, 1.54) is 12.8 Å². The van der Waals surface area contributed by atoms with Crippen molar-refractivity contribution in [2.45, 2.75) is 64.0 Å². The zero-order valence-electron chi connectivity index (χ0n) is 12.0. The predicted molar refractivity (Wildman–Crippen MR) is 73.7 cm³/mol. The van der Waals surface area contributed by atoms with Gasteiger partial charge in [0.2, 0.25) is 0 Å². The average molecular weight is 255 g/mol. The first-order chi connectivity index (χ1) is 8.74. The maximum absolute atomic E-state index is 10.9. The van der Waals surface area contributed by atoms with Crippen LogP contribution in [0.4, 0.5) is 0 Å². The van der Waals surface area contributed by atoms with E-state index < -0.39 is 0 Å². The quantitative estimate of drug-likeness (QED) is 0.819. The second-order valence-electron chi connectivity index (χ2n) is 5.93. The summed E-state index contributed by atoms with van der Waals surface area (Å²) in [5, 5.41) is 10.9. The molecule has 2 rings (SSSR count). The highest BCUT2D eigenvalue weighted by atomic mass is 16.5. The van der Waals surface area contributed by atoms with Crippen molar-refractivity contribution < 1.29 is 9.84 Å². The van der Waals surface area contributed by atoms with Gasteiger partial charge >= 0.3 is 0 Å². The first-order valence-corrected chi connectivity index (χ1v) is 7.75. The minimum Gasteiger partial charge on any atom is -0.391 e. The van der Waals surface area contributed by atoms with E-state index in [1.807, 2.05) is 0 Å². The summed E-state index contributed by atoms with van der Waals surface area (Å²) in [7, 11) is 0. The number of aliphatic hydroxyl groups is 1. The molecule has 0 aromatic rings. The summed E-state index contributed by atoms with van der Waals surface area (Å²) in [6.45, 7) is 8.40. The van der Waals surface area contributed by atoms with Crippen LogP contribution in [0, 0.1) is 5.92 Å². The first-order valence-electron chi connectivity index (χ1n) is 7.75. The Labute approximate surface area is 112 Å². The molecule has 2 unspecified atom stereocenters. The first kappa shape index (κ1) is 14.3. The van der Waals surface area contributed by atoms with Crippen molar-refractivity contribution in [1.82, 2.24) is 4.90 Å². The highest BCUT2D eigenvalue weighted by Crippen LogP contribution is 2.36. The number of hydrogen-bond acceptors (Lipinski definition) is 3. The Hall–Kier alpha value is -0.120. The zero-order chi connectivity index (χ0) is 13.0. The summed E-state index contributed by atoms with van der Waals surface area (Å²) in [5.41, 5.74) is -0.0120. The van der Waals surface area contributed by atoms with Gasteiger partial charge in [0, 0.05) is 18.1 Å². The van der Waals surface area contributed by atoms with Crippen LogP contribution in [0.5, 0.6) is 0 Å². The second kappa shape index (κ2) is 6.36. The lowest BCUT2D eigenvalue weighted by atomic mass is 9.77. The molecule has 0 aromatic heterocycles. The Morgan fingerprint density at radius 1 is 1.22 bits per heavy atom. The van der Waals surface area contributed by atoms with Crippen molar-refractivity contribution in [2.24, 2.45) is 5.92 Å².